The van der Waals surface area contributed by atoms with Gasteiger partial charge in [-0.25, -0.2) is 0 Å². The van der Waals surface area contributed by atoms with Crippen LogP contribution in [0, 0.1) is 13.8 Å². The van der Waals surface area contributed by atoms with Crippen molar-refractivity contribution in [2.24, 2.45) is 5.73 Å². The van der Waals surface area contributed by atoms with Gasteiger partial charge in [-0.05, 0) is 49.2 Å². The Balaban J connectivity index is 2.09. The maximum Gasteiger partial charge on any atom is 0.255 e. The van der Waals surface area contributed by atoms with E-state index in [-0.39, 0.29) is 11.9 Å². The molecule has 2 rings (SSSR count). The zero-order chi connectivity index (χ0) is 16.8. The van der Waals surface area contributed by atoms with Crippen molar-refractivity contribution in [1.29, 1.82) is 0 Å². The third-order valence-corrected chi connectivity index (χ3v) is 4.25. The van der Waals surface area contributed by atoms with Gasteiger partial charge in [0.15, 0.2) is 0 Å². The maximum atomic E-state index is 12.4. The maximum absolute atomic E-state index is 12.4. The van der Waals surface area contributed by atoms with Gasteiger partial charge in [-0.3, -0.25) is 4.79 Å². The second kappa shape index (κ2) is 8.04. The number of amides is 1. The number of hydrogen-bond donors (Lipinski definition) is 4. The summed E-state index contributed by atoms with van der Waals surface area (Å²) in [5, 5.41) is 6.19. The molecule has 0 unspecified atom stereocenters. The molecule has 5 heteroatoms. The Bertz CT molecular complexity index is 688. The van der Waals surface area contributed by atoms with Gasteiger partial charge < -0.3 is 16.4 Å². The van der Waals surface area contributed by atoms with Crippen molar-refractivity contribution in [1.82, 2.24) is 0 Å². The molecular weight excluding hydrogens is 306 g/mol. The molecule has 0 heterocycles. The monoisotopic (exact) mass is 329 g/mol. The molecule has 0 aliphatic carbocycles. The van der Waals surface area contributed by atoms with Crippen molar-refractivity contribution < 1.29 is 4.79 Å². The van der Waals surface area contributed by atoms with Crippen LogP contribution in [0.3, 0.4) is 0 Å². The highest BCUT2D eigenvalue weighted by atomic mass is 32.1. The molecule has 0 fully saturated rings. The molecule has 0 saturated carbocycles. The zero-order valence-corrected chi connectivity index (χ0v) is 14.4. The van der Waals surface area contributed by atoms with Crippen molar-refractivity contribution in [2.45, 2.75) is 19.9 Å². The van der Waals surface area contributed by atoms with Gasteiger partial charge >= 0.3 is 0 Å². The first-order valence-corrected chi connectivity index (χ1v) is 8.22. The van der Waals surface area contributed by atoms with Crippen LogP contribution in [-0.4, -0.2) is 24.2 Å². The van der Waals surface area contributed by atoms with Crippen LogP contribution in [0.25, 0.3) is 0 Å². The molecule has 1 amide bonds. The van der Waals surface area contributed by atoms with E-state index in [1.165, 1.54) is 0 Å². The topological polar surface area (TPSA) is 67.2 Å². The molecule has 2 aromatic carbocycles. The third kappa shape index (κ3) is 4.74. The average Bonchev–Trinajstić information content (AvgIpc) is 2.57. The number of aryl methyl sites for hydroxylation is 1. The highest BCUT2D eigenvalue weighted by Crippen LogP contribution is 2.19. The lowest BCUT2D eigenvalue weighted by atomic mass is 10.1. The van der Waals surface area contributed by atoms with Crippen molar-refractivity contribution in [3.8, 4) is 0 Å². The second-order valence-electron chi connectivity index (χ2n) is 5.61. The summed E-state index contributed by atoms with van der Waals surface area (Å²) in [6, 6.07) is 13.2. The molecule has 1 atom stereocenters. The lowest BCUT2D eigenvalue weighted by Crippen LogP contribution is -2.30. The molecule has 0 aliphatic rings. The number of thiol groups is 1. The first-order chi connectivity index (χ1) is 11.0. The number of benzene rings is 2. The number of carbonyl (C=O) groups excluding carboxylic acids is 1. The van der Waals surface area contributed by atoms with E-state index >= 15 is 0 Å². The van der Waals surface area contributed by atoms with Crippen LogP contribution >= 0.6 is 12.6 Å². The molecule has 0 radical (unpaired) electrons. The van der Waals surface area contributed by atoms with Gasteiger partial charge in [0, 0.05) is 35.3 Å². The first kappa shape index (κ1) is 17.4. The zero-order valence-electron chi connectivity index (χ0n) is 13.5. The van der Waals surface area contributed by atoms with Gasteiger partial charge in [-0.15, -0.1) is 0 Å². The molecule has 0 spiro atoms. The largest absolute Gasteiger partial charge is 0.383 e. The standard InChI is InChI=1S/C18H23N3OS/c1-12-5-3-8-17(13(12)2)21-18(22)14-6-4-7-16(9-14)20-10-15(19)11-23/h3-9,15,20,23H,10-11,19H2,1-2H3,(H,21,22)/t15-/m1/s1. The van der Waals surface area contributed by atoms with Crippen LogP contribution in [0.4, 0.5) is 11.4 Å². The summed E-state index contributed by atoms with van der Waals surface area (Å²) in [5.74, 6) is 0.487. The third-order valence-electron chi connectivity index (χ3n) is 3.78. The van der Waals surface area contributed by atoms with Crippen LogP contribution in [-0.2, 0) is 0 Å². The van der Waals surface area contributed by atoms with Crippen LogP contribution in [0.1, 0.15) is 21.5 Å². The molecule has 122 valence electrons. The molecule has 23 heavy (non-hydrogen) atoms. The number of nitrogens with one attached hydrogen (secondary N) is 2. The second-order valence-corrected chi connectivity index (χ2v) is 5.97. The van der Waals surface area contributed by atoms with Crippen molar-refractivity contribution in [3.05, 3.63) is 59.2 Å². The van der Waals surface area contributed by atoms with E-state index in [4.69, 9.17) is 5.73 Å². The van der Waals surface area contributed by atoms with Gasteiger partial charge in [-0.1, -0.05) is 18.2 Å². The predicted octanol–water partition coefficient (Wildman–Crippen LogP) is 3.22. The summed E-state index contributed by atoms with van der Waals surface area (Å²) in [5.41, 5.74) is 10.4. The molecule has 0 aliphatic heterocycles. The normalized spacial score (nSPS) is 11.8. The molecule has 2 aromatic rings. The Labute approximate surface area is 142 Å². The van der Waals surface area contributed by atoms with E-state index in [9.17, 15) is 4.79 Å². The fourth-order valence-electron chi connectivity index (χ4n) is 2.16. The minimum atomic E-state index is -0.124. The van der Waals surface area contributed by atoms with Crippen LogP contribution in [0.2, 0.25) is 0 Å². The lowest BCUT2D eigenvalue weighted by molar-refractivity contribution is 0.102. The summed E-state index contributed by atoms with van der Waals surface area (Å²) in [7, 11) is 0. The summed E-state index contributed by atoms with van der Waals surface area (Å²) in [4.78, 5) is 12.4. The van der Waals surface area contributed by atoms with E-state index in [2.05, 4.69) is 23.3 Å². The van der Waals surface area contributed by atoms with Gasteiger partial charge in [-0.2, -0.15) is 12.6 Å². The number of carbonyl (C=O) groups is 1. The van der Waals surface area contributed by atoms with Gasteiger partial charge in [0.1, 0.15) is 0 Å². The summed E-state index contributed by atoms with van der Waals surface area (Å²) >= 11 is 4.16. The molecule has 0 aromatic heterocycles. The number of nitrogens with two attached hydrogens (primary N) is 1. The van der Waals surface area contributed by atoms with E-state index in [1.54, 1.807) is 6.07 Å². The molecule has 4 nitrogen and oxygen atoms in total. The predicted molar refractivity (Wildman–Crippen MR) is 101 cm³/mol. The first-order valence-electron chi connectivity index (χ1n) is 7.59. The fourth-order valence-corrected chi connectivity index (χ4v) is 2.29. The highest BCUT2D eigenvalue weighted by molar-refractivity contribution is 7.80. The Hall–Kier alpha value is -1.98. The quantitative estimate of drug-likeness (QED) is 0.615. The lowest BCUT2D eigenvalue weighted by Gasteiger charge is -2.13. The molecule has 0 bridgehead atoms. The summed E-state index contributed by atoms with van der Waals surface area (Å²) in [6.07, 6.45) is 0. The van der Waals surface area contributed by atoms with E-state index in [0.29, 0.717) is 17.9 Å². The summed E-state index contributed by atoms with van der Waals surface area (Å²) < 4.78 is 0. The highest BCUT2D eigenvalue weighted by Gasteiger charge is 2.09. The van der Waals surface area contributed by atoms with Crippen LogP contribution in [0.5, 0.6) is 0 Å². The van der Waals surface area contributed by atoms with E-state index in [0.717, 1.165) is 22.5 Å². The smallest absolute Gasteiger partial charge is 0.255 e. The molecule has 4 N–H and O–H groups in total. The minimum absolute atomic E-state index is 0.0224. The summed E-state index contributed by atoms with van der Waals surface area (Å²) in [6.45, 7) is 4.65. The molecular formula is C18H23N3OS. The Morgan fingerprint density at radius 2 is 1.96 bits per heavy atom. The Morgan fingerprint density at radius 1 is 1.22 bits per heavy atom. The van der Waals surface area contributed by atoms with Crippen molar-refractivity contribution in [2.75, 3.05) is 22.9 Å². The minimum Gasteiger partial charge on any atom is -0.383 e. The fraction of sp³-hybridized carbons (Fsp3) is 0.278. The molecule has 0 saturated heterocycles. The van der Waals surface area contributed by atoms with Crippen molar-refractivity contribution >= 4 is 29.9 Å². The van der Waals surface area contributed by atoms with Gasteiger partial charge in [0.25, 0.3) is 5.91 Å². The SMILES string of the molecule is Cc1cccc(NC(=O)c2cccc(NC[C@@H](N)CS)c2)c1C. The number of hydrogen-bond acceptors (Lipinski definition) is 4. The Kier molecular flexibility index (Phi) is 6.07. The Morgan fingerprint density at radius 3 is 2.70 bits per heavy atom. The number of anilines is 2. The number of rotatable bonds is 6. The average molecular weight is 329 g/mol. The van der Waals surface area contributed by atoms with E-state index in [1.807, 2.05) is 50.2 Å². The van der Waals surface area contributed by atoms with Crippen molar-refractivity contribution in [3.63, 3.8) is 0 Å². The van der Waals surface area contributed by atoms with Gasteiger partial charge in [0.05, 0.1) is 0 Å². The van der Waals surface area contributed by atoms with Crippen LogP contribution in [0.15, 0.2) is 42.5 Å². The van der Waals surface area contributed by atoms with E-state index < -0.39 is 0 Å². The van der Waals surface area contributed by atoms with Gasteiger partial charge in [0.2, 0.25) is 0 Å². The van der Waals surface area contributed by atoms with Crippen LogP contribution < -0.4 is 16.4 Å².